The van der Waals surface area contributed by atoms with Gasteiger partial charge in [0, 0.05) is 25.4 Å². The Morgan fingerprint density at radius 1 is 0.687 bits per heavy atom. The summed E-state index contributed by atoms with van der Waals surface area (Å²) >= 11 is 0. The van der Waals surface area contributed by atoms with Crippen LogP contribution in [0.5, 0.6) is 0 Å². The summed E-state index contributed by atoms with van der Waals surface area (Å²) in [5.74, 6) is -9.56. The molecule has 1 heterocycles. The highest BCUT2D eigenvalue weighted by Crippen LogP contribution is 2.19. The van der Waals surface area contributed by atoms with Crippen LogP contribution in [-0.2, 0) is 54.4 Å². The second-order valence-corrected chi connectivity index (χ2v) is 17.0. The van der Waals surface area contributed by atoms with Crippen molar-refractivity contribution < 1.29 is 63.3 Å². The molecule has 0 spiro atoms. The third-order valence-corrected chi connectivity index (χ3v) is 10.9. The molecule has 23 nitrogen and oxygen atoms in total. The molecule has 1 aliphatic heterocycles. The van der Waals surface area contributed by atoms with Crippen LogP contribution in [0, 0.1) is 5.92 Å². The number of unbranched alkanes of at least 4 members (excludes halogenated alkanes) is 2. The number of hydrogen-bond donors (Lipinski definition) is 12. The third-order valence-electron chi connectivity index (χ3n) is 10.9. The Balaban J connectivity index is 2.20. The molecule has 1 saturated heterocycles. The van der Waals surface area contributed by atoms with Crippen LogP contribution in [0.1, 0.15) is 103 Å². The predicted octanol–water partition coefficient (Wildman–Crippen LogP) is -1.79. The number of nitrogens with one attached hydrogen (secondary N) is 6. The first-order chi connectivity index (χ1) is 31.7. The molecule has 2 rings (SSSR count). The van der Waals surface area contributed by atoms with E-state index in [1.54, 1.807) is 30.3 Å². The zero-order valence-electron chi connectivity index (χ0n) is 38.3. The number of carbonyl (C=O) groups is 10. The lowest BCUT2D eigenvalue weighted by Crippen LogP contribution is -2.57. The number of likely N-dealkylation sites (tertiary alicyclic amines) is 1. The Kier molecular flexibility index (Phi) is 25.6. The number of amides is 7. The Morgan fingerprint density at radius 2 is 1.28 bits per heavy atom. The molecule has 0 aliphatic carbocycles. The van der Waals surface area contributed by atoms with Crippen LogP contribution < -0.4 is 49.1 Å². The maximum Gasteiger partial charge on any atom is 0.326 e. The lowest BCUT2D eigenvalue weighted by Gasteiger charge is -2.28. The normalized spacial score (nSPS) is 16.0. The molecule has 0 aromatic heterocycles. The molecule has 0 radical (unpaired) electrons. The minimum atomic E-state index is -1.77. The zero-order valence-corrected chi connectivity index (χ0v) is 38.3. The average Bonchev–Trinajstić information content (AvgIpc) is 3.76. The number of rotatable bonds is 32. The van der Waals surface area contributed by atoms with E-state index in [1.165, 1.54) is 4.90 Å². The molecule has 15 N–H and O–H groups in total. The number of carbonyl (C=O) groups excluding carboxylic acids is 7. The molecular weight excluding hydrogens is 877 g/mol. The summed E-state index contributed by atoms with van der Waals surface area (Å²) in [5.41, 5.74) is 17.9. The van der Waals surface area contributed by atoms with Crippen molar-refractivity contribution in [2.75, 3.05) is 26.2 Å². The zero-order chi connectivity index (χ0) is 50.1. The van der Waals surface area contributed by atoms with Gasteiger partial charge in [-0.15, -0.1) is 0 Å². The second kappa shape index (κ2) is 30.2. The Labute approximate surface area is 389 Å². The van der Waals surface area contributed by atoms with Crippen LogP contribution >= 0.6 is 0 Å². The number of hydrogen-bond acceptors (Lipinski definition) is 13. The van der Waals surface area contributed by atoms with Gasteiger partial charge in [-0.05, 0) is 95.2 Å². The lowest BCUT2D eigenvalue weighted by atomic mass is 10.0. The molecule has 1 aromatic carbocycles. The van der Waals surface area contributed by atoms with E-state index in [4.69, 9.17) is 17.2 Å². The van der Waals surface area contributed by atoms with Gasteiger partial charge in [-0.1, -0.05) is 44.2 Å². The molecule has 1 aromatic rings. The molecule has 1 fully saturated rings. The van der Waals surface area contributed by atoms with Gasteiger partial charge in [-0.3, -0.25) is 43.2 Å². The van der Waals surface area contributed by atoms with Crippen LogP contribution in [0.3, 0.4) is 0 Å². The van der Waals surface area contributed by atoms with Crippen molar-refractivity contribution in [3.05, 3.63) is 35.9 Å². The van der Waals surface area contributed by atoms with Gasteiger partial charge in [-0.2, -0.15) is 0 Å². The summed E-state index contributed by atoms with van der Waals surface area (Å²) in [5, 5.41) is 43.5. The highest BCUT2D eigenvalue weighted by Gasteiger charge is 2.37. The highest BCUT2D eigenvalue weighted by molar-refractivity contribution is 5.97. The van der Waals surface area contributed by atoms with Gasteiger partial charge in [0.15, 0.2) is 0 Å². The Hall–Kier alpha value is -6.20. The standard InChI is InChI=1S/C44H70N10O13/c1-26(2)21-29(47)39(61)51-31(16-17-37(57)58)42(64)53-33(24-38(59)60)40(62)48-25-36(56)54-20-10-15-34(54)43(65)52-30(13-6-8-18-45)41(63)49-28(22-27-11-4-3-5-12-27)23-35(55)50-32(44(66)67)14-7-9-19-46/h3-5,11-12,26,28-34H,6-10,13-25,45-47H2,1-2H3,(H,48,62)(H,49,63)(H,50,55)(H,51,61)(H,52,65)(H,53,64)(H,57,58)(H,59,60)(H,66,67)/t28-,29-,30-,31-,32-,33-,34-/m0/s1. The Bertz CT molecular complexity index is 1840. The maximum atomic E-state index is 14.0. The Morgan fingerprint density at radius 3 is 1.87 bits per heavy atom. The van der Waals surface area contributed by atoms with Gasteiger partial charge in [0.1, 0.15) is 30.2 Å². The van der Waals surface area contributed by atoms with Crippen molar-refractivity contribution in [2.45, 2.75) is 146 Å². The molecule has 374 valence electrons. The van der Waals surface area contributed by atoms with Crippen LogP contribution in [0.4, 0.5) is 0 Å². The van der Waals surface area contributed by atoms with E-state index in [-0.39, 0.29) is 51.0 Å². The molecule has 23 heteroatoms. The van der Waals surface area contributed by atoms with Gasteiger partial charge >= 0.3 is 17.9 Å². The number of nitrogens with two attached hydrogens (primary N) is 3. The fourth-order valence-electron chi connectivity index (χ4n) is 7.44. The van der Waals surface area contributed by atoms with E-state index in [2.05, 4.69) is 31.9 Å². The molecule has 7 amide bonds. The quantitative estimate of drug-likeness (QED) is 0.0355. The highest BCUT2D eigenvalue weighted by atomic mass is 16.4. The fourth-order valence-corrected chi connectivity index (χ4v) is 7.44. The van der Waals surface area contributed by atoms with Crippen LogP contribution in [0.15, 0.2) is 30.3 Å². The maximum absolute atomic E-state index is 14.0. The number of benzene rings is 1. The van der Waals surface area contributed by atoms with Crippen molar-refractivity contribution in [2.24, 2.45) is 23.1 Å². The number of carboxylic acids is 3. The first-order valence-corrected chi connectivity index (χ1v) is 22.7. The first kappa shape index (κ1) is 56.9. The topological polar surface area (TPSA) is 385 Å². The number of aliphatic carboxylic acids is 3. The van der Waals surface area contributed by atoms with Crippen molar-refractivity contribution >= 4 is 59.3 Å². The number of nitrogens with zero attached hydrogens (tertiary/aromatic N) is 1. The summed E-state index contributed by atoms with van der Waals surface area (Å²) in [6.45, 7) is 3.66. The molecule has 7 atom stereocenters. The van der Waals surface area contributed by atoms with Crippen molar-refractivity contribution in [3.63, 3.8) is 0 Å². The van der Waals surface area contributed by atoms with E-state index >= 15 is 0 Å². The molecule has 0 unspecified atom stereocenters. The monoisotopic (exact) mass is 947 g/mol. The van der Waals surface area contributed by atoms with E-state index < -0.39 is 127 Å². The third kappa shape index (κ3) is 21.8. The van der Waals surface area contributed by atoms with Crippen molar-refractivity contribution in [3.8, 4) is 0 Å². The number of carboxylic acid groups (broad SMARTS) is 3. The minimum absolute atomic E-state index is 0.00964. The van der Waals surface area contributed by atoms with Gasteiger partial charge in [-0.25, -0.2) is 4.79 Å². The summed E-state index contributed by atoms with van der Waals surface area (Å²) in [4.78, 5) is 130. The lowest BCUT2D eigenvalue weighted by molar-refractivity contribution is -0.142. The SMILES string of the molecule is CC(C)C[C@H](N)C(=O)N[C@@H](CCC(=O)O)C(=O)N[C@@H](CC(=O)O)C(=O)NCC(=O)N1CCC[C@H]1C(=O)N[C@@H](CCCCN)C(=O)N[C@H](CC(=O)N[C@@H](CCCCN)C(=O)O)Cc1ccccc1. The summed E-state index contributed by atoms with van der Waals surface area (Å²) in [6.07, 6.45) is 1.08. The fraction of sp³-hybridized carbons (Fsp3) is 0.636. The molecule has 67 heavy (non-hydrogen) atoms. The van der Waals surface area contributed by atoms with Crippen LogP contribution in [0.2, 0.25) is 0 Å². The van der Waals surface area contributed by atoms with Gasteiger partial charge in [0.25, 0.3) is 0 Å². The molecule has 1 aliphatic rings. The van der Waals surface area contributed by atoms with Crippen LogP contribution in [0.25, 0.3) is 0 Å². The van der Waals surface area contributed by atoms with E-state index in [0.29, 0.717) is 45.2 Å². The summed E-state index contributed by atoms with van der Waals surface area (Å²) in [6, 6.07) is 0.443. The first-order valence-electron chi connectivity index (χ1n) is 22.7. The second-order valence-electron chi connectivity index (χ2n) is 17.0. The molecular formula is C44H70N10O13. The van der Waals surface area contributed by atoms with Gasteiger partial charge < -0.3 is 69.3 Å². The van der Waals surface area contributed by atoms with Gasteiger partial charge in [0.05, 0.1) is 19.0 Å². The summed E-state index contributed by atoms with van der Waals surface area (Å²) in [7, 11) is 0. The minimum Gasteiger partial charge on any atom is -0.481 e. The smallest absolute Gasteiger partial charge is 0.326 e. The van der Waals surface area contributed by atoms with Crippen molar-refractivity contribution in [1.29, 1.82) is 0 Å². The molecule has 0 bridgehead atoms. The molecule has 0 saturated carbocycles. The van der Waals surface area contributed by atoms with Crippen LogP contribution in [-0.4, -0.2) is 148 Å². The van der Waals surface area contributed by atoms with Gasteiger partial charge in [0.2, 0.25) is 41.4 Å². The van der Waals surface area contributed by atoms with E-state index in [0.717, 1.165) is 5.56 Å². The largest absolute Gasteiger partial charge is 0.481 e. The average molecular weight is 947 g/mol. The predicted molar refractivity (Wildman–Crippen MR) is 242 cm³/mol. The van der Waals surface area contributed by atoms with E-state index in [9.17, 15) is 63.3 Å². The summed E-state index contributed by atoms with van der Waals surface area (Å²) < 4.78 is 0. The van der Waals surface area contributed by atoms with E-state index in [1.807, 2.05) is 13.8 Å². The van der Waals surface area contributed by atoms with Crippen molar-refractivity contribution in [1.82, 2.24) is 36.8 Å².